The standard InChI is InChI=1S/C30H33FN2O6S.C24H23FN2O5S.C7H11F3O4S.CH2O3.2K.H/c1-30(17-27(34)33-29-32-11-13-40-29)10-5-6-19-14-25(38-18-21-7-3-4-12-37-21)26(16-23(19)30)39-20-8-9-22(24(31)15-20)28(35)36-2;1-24(12-22(31)27-23-26-7-8-33-23)6-2-3-14-9-19(29)21(11-17(14)24)32-15-4-5-16(18(25)10-15)20(30)13-28;8-7(9,10)15(11,12)14-5-6-3-1-2-4-13-6;2-1-4-3;;;/h8-9,11,13-16,21H,3-7,10,12,17-18H2,1-2H3,(H,32,33,34);4-5,7-11,28-29H,2-3,6,12-13H2,1H3,(H,26,27,31);6H,1-5H2;1,3H;;;/q;;;;2*+1;-1/p-1/t21?,30-;24-;;;;;/m11...../s1. The quantitative estimate of drug-likeness (QED) is 0.00901. The molecule has 94 heavy (non-hydrogen) atoms. The fourth-order valence-electron chi connectivity index (χ4n) is 10.9. The van der Waals surface area contributed by atoms with Crippen LogP contribution in [-0.2, 0) is 71.5 Å². The van der Waals surface area contributed by atoms with Gasteiger partial charge in [0.15, 0.2) is 39.0 Å². The molecule has 0 saturated carbocycles. The molecule has 4 N–H and O–H groups in total. The topological polar surface area (TPSA) is 307 Å². The summed E-state index contributed by atoms with van der Waals surface area (Å²) in [6.07, 6.45) is 13.5. The summed E-state index contributed by atoms with van der Waals surface area (Å²) < 4.78 is 123. The number of phenols is 1. The minimum Gasteiger partial charge on any atom is -1.00 e. The maximum absolute atomic E-state index is 14.7. The first kappa shape index (κ1) is 80.2. The molecular weight excluding hydrogens is 1360 g/mol. The number of halogens is 5. The number of aliphatic hydroxyl groups excluding tert-OH is 1. The number of aromatic hydroxyl groups is 1. The van der Waals surface area contributed by atoms with Crippen LogP contribution < -0.4 is 133 Å². The number of rotatable bonds is 20. The van der Waals surface area contributed by atoms with E-state index in [0.717, 1.165) is 112 Å². The number of fused-ring (bicyclic) bond motifs is 2. The first-order valence-electron chi connectivity index (χ1n) is 29.0. The Morgan fingerprint density at radius 2 is 1.22 bits per heavy atom. The van der Waals surface area contributed by atoms with E-state index in [4.69, 9.17) is 38.8 Å². The molecular formula is C62H69F5K2N4O18S3. The van der Waals surface area contributed by atoms with Gasteiger partial charge < -0.3 is 60.8 Å². The second-order valence-corrected chi connectivity index (χ2v) is 25.5. The minimum absolute atomic E-state index is 0. The number of carbonyl (C=O) groups excluding carboxylic acids is 5. The predicted molar refractivity (Wildman–Crippen MR) is 323 cm³/mol. The molecule has 4 aromatic carbocycles. The monoisotopic (exact) mass is 1430 g/mol. The van der Waals surface area contributed by atoms with Crippen molar-refractivity contribution in [3.63, 3.8) is 0 Å². The van der Waals surface area contributed by atoms with Crippen LogP contribution in [0.25, 0.3) is 0 Å². The molecule has 0 radical (unpaired) electrons. The third-order valence-corrected chi connectivity index (χ3v) is 17.7. The van der Waals surface area contributed by atoms with Crippen LogP contribution in [0.4, 0.5) is 32.2 Å². The van der Waals surface area contributed by atoms with E-state index < -0.39 is 69.2 Å². The maximum atomic E-state index is 14.7. The van der Waals surface area contributed by atoms with Crippen molar-refractivity contribution in [3.8, 4) is 34.5 Å². The van der Waals surface area contributed by atoms with Gasteiger partial charge in [0.05, 0.1) is 37.1 Å². The molecule has 2 aliphatic carbocycles. The first-order chi connectivity index (χ1) is 43.9. The summed E-state index contributed by atoms with van der Waals surface area (Å²) in [6, 6.07) is 14.9. The molecule has 4 atom stereocenters. The van der Waals surface area contributed by atoms with Gasteiger partial charge in [-0.05, 0) is 148 Å². The summed E-state index contributed by atoms with van der Waals surface area (Å²) in [6.45, 7) is 4.06. The van der Waals surface area contributed by atoms with Crippen LogP contribution in [0.5, 0.6) is 34.5 Å². The van der Waals surface area contributed by atoms with Crippen molar-refractivity contribution in [1.29, 1.82) is 0 Å². The molecule has 10 rings (SSSR count). The maximum Gasteiger partial charge on any atom is 1.00 e. The van der Waals surface area contributed by atoms with E-state index in [1.54, 1.807) is 29.9 Å². The van der Waals surface area contributed by atoms with E-state index in [-0.39, 0.29) is 176 Å². The van der Waals surface area contributed by atoms with Crippen molar-refractivity contribution in [2.45, 2.75) is 132 Å². The zero-order valence-corrected chi connectivity index (χ0v) is 60.9. The molecule has 2 unspecified atom stereocenters. The number of hydrogen-bond donors (Lipinski definition) is 4. The fraction of sp³-hybridized carbons (Fsp3) is 0.435. The van der Waals surface area contributed by atoms with Crippen molar-refractivity contribution in [2.75, 3.05) is 50.8 Å². The van der Waals surface area contributed by atoms with Gasteiger partial charge in [-0.3, -0.25) is 23.4 Å². The van der Waals surface area contributed by atoms with E-state index in [1.165, 1.54) is 54.0 Å². The van der Waals surface area contributed by atoms with Crippen LogP contribution in [0, 0.1) is 11.6 Å². The molecule has 2 aromatic heterocycles. The number of carbonyl (C=O) groups is 5. The average Bonchev–Trinajstić information content (AvgIpc) is 0.966. The smallest absolute Gasteiger partial charge is 1.00 e. The first-order valence-corrected chi connectivity index (χ1v) is 32.2. The average molecular weight is 1430 g/mol. The number of esters is 1. The number of ether oxygens (including phenoxy) is 6. The number of thiazole rings is 2. The van der Waals surface area contributed by atoms with E-state index in [2.05, 4.69) is 41.3 Å². The predicted octanol–water partition coefficient (Wildman–Crippen LogP) is 4.99. The molecule has 0 spiro atoms. The van der Waals surface area contributed by atoms with Gasteiger partial charge in [-0.2, -0.15) is 21.6 Å². The number of aliphatic hydroxyl groups is 1. The van der Waals surface area contributed by atoms with E-state index in [1.807, 2.05) is 24.4 Å². The molecule has 2 fully saturated rings. The van der Waals surface area contributed by atoms with E-state index >= 15 is 0 Å². The van der Waals surface area contributed by atoms with Gasteiger partial charge in [0, 0.05) is 72.2 Å². The Balaban J connectivity index is 0.000000314. The number of amides is 2. The number of alkyl halides is 3. The SMILES string of the molecule is COC(=O)c1ccc(Oc2cc3c(cc2OCC2CCCCO2)CCC[C@]3(C)CC(=O)Nc2nccs2)cc1F.C[C@]1(CC(=O)Nc2nccs2)CCCc2cc(O)c(Oc3ccc(C(=O)CO)c(F)c3)cc21.O=CO[O-].O=S(=O)(OCC1CCCCO1)C(F)(F)F.[H-].[K+].[K+]. The number of ketones is 1. The molecule has 4 heterocycles. The molecule has 2 saturated heterocycles. The normalized spacial score (nSPS) is 18.8. The Morgan fingerprint density at radius 1 is 0.734 bits per heavy atom. The molecule has 2 aliphatic heterocycles. The number of aryl methyl sites for hydroxylation is 2. The summed E-state index contributed by atoms with van der Waals surface area (Å²) in [5, 5.41) is 38.3. The van der Waals surface area contributed by atoms with Gasteiger partial charge in [-0.1, -0.05) is 13.8 Å². The Kier molecular flexibility index (Phi) is 32.5. The number of anilines is 2. The molecule has 22 nitrogen and oxygen atoms in total. The summed E-state index contributed by atoms with van der Waals surface area (Å²) in [5.74, 6) is -2.05. The van der Waals surface area contributed by atoms with Crippen LogP contribution >= 0.6 is 22.7 Å². The van der Waals surface area contributed by atoms with Gasteiger partial charge in [-0.25, -0.2) is 23.5 Å². The van der Waals surface area contributed by atoms with Gasteiger partial charge in [-0.15, -0.1) is 22.7 Å². The molecule has 0 bridgehead atoms. The third kappa shape index (κ3) is 23.1. The van der Waals surface area contributed by atoms with Gasteiger partial charge in [0.1, 0.15) is 36.3 Å². The molecule has 4 aliphatic rings. The Bertz CT molecular complexity index is 3610. The van der Waals surface area contributed by atoms with Crippen LogP contribution in [0.2, 0.25) is 0 Å². The summed E-state index contributed by atoms with van der Waals surface area (Å²) in [5.41, 5.74) is -2.79. The van der Waals surface area contributed by atoms with Crippen LogP contribution in [0.15, 0.2) is 83.8 Å². The zero-order valence-electron chi connectivity index (χ0n) is 53.2. The second kappa shape index (κ2) is 38.1. The minimum atomic E-state index is -5.48. The number of benzene rings is 4. The molecule has 2 amide bonds. The number of nitrogens with one attached hydrogen (secondary N) is 2. The summed E-state index contributed by atoms with van der Waals surface area (Å²) in [4.78, 5) is 68.6. The number of Topliss-reactive ketones (excluding diaryl/α,β-unsaturated/α-hetero) is 1. The van der Waals surface area contributed by atoms with E-state index in [0.29, 0.717) is 41.4 Å². The Labute approximate surface area is 633 Å². The van der Waals surface area contributed by atoms with Crippen LogP contribution in [0.1, 0.15) is 135 Å². The van der Waals surface area contributed by atoms with Crippen LogP contribution in [0.3, 0.4) is 0 Å². The summed E-state index contributed by atoms with van der Waals surface area (Å²) in [7, 11) is -4.28. The largest absolute Gasteiger partial charge is 1.00 e. The number of methoxy groups -OCH3 is 1. The van der Waals surface area contributed by atoms with Crippen molar-refractivity contribution in [2.24, 2.45) is 0 Å². The summed E-state index contributed by atoms with van der Waals surface area (Å²) >= 11 is 2.72. The molecule has 500 valence electrons. The van der Waals surface area contributed by atoms with Crippen molar-refractivity contribution >= 4 is 73.1 Å². The number of hydrogen-bond acceptors (Lipinski definition) is 22. The van der Waals surface area contributed by atoms with Crippen molar-refractivity contribution < 1.29 is 212 Å². The number of phenolic OH excluding ortho intramolecular Hbond substituents is 1. The van der Waals surface area contributed by atoms with Crippen molar-refractivity contribution in [3.05, 3.63) is 129 Å². The Hall–Kier alpha value is -4.44. The van der Waals surface area contributed by atoms with Gasteiger partial charge in [0.25, 0.3) is 6.47 Å². The fourth-order valence-corrected chi connectivity index (χ4v) is 12.4. The number of nitrogens with zero attached hydrogens (tertiary/aromatic N) is 2. The van der Waals surface area contributed by atoms with E-state index in [9.17, 15) is 54.7 Å². The molecule has 6 aromatic rings. The van der Waals surface area contributed by atoms with Crippen molar-refractivity contribution in [1.82, 2.24) is 9.97 Å². The van der Waals surface area contributed by atoms with Gasteiger partial charge >= 0.3 is 124 Å². The number of aromatic nitrogens is 2. The molecule has 32 heteroatoms. The second-order valence-electron chi connectivity index (χ2n) is 22.1. The van der Waals surface area contributed by atoms with Crippen LogP contribution in [-0.4, -0.2) is 116 Å². The third-order valence-electron chi connectivity index (χ3n) is 15.4. The Morgan fingerprint density at radius 3 is 1.67 bits per heavy atom. The van der Waals surface area contributed by atoms with Gasteiger partial charge in [0.2, 0.25) is 11.8 Å². The zero-order chi connectivity index (χ0) is 66.6.